The Labute approximate surface area is 152 Å². The number of amides is 1. The largest absolute Gasteiger partial charge is 0.493 e. The molecule has 3 rings (SSSR count). The first-order valence-electron chi connectivity index (χ1n) is 7.41. The van der Waals surface area contributed by atoms with Crippen molar-refractivity contribution in [1.82, 2.24) is 5.32 Å². The second-order valence-electron chi connectivity index (χ2n) is 5.20. The number of amidine groups is 1. The normalized spacial score (nSPS) is 15.1. The highest BCUT2D eigenvalue weighted by Crippen LogP contribution is 2.31. The first-order chi connectivity index (χ1) is 12.5. The summed E-state index contributed by atoms with van der Waals surface area (Å²) in [6.45, 7) is 0. The van der Waals surface area contributed by atoms with E-state index in [0.29, 0.717) is 16.2 Å². The Bertz CT molecular complexity index is 925. The van der Waals surface area contributed by atoms with Crippen LogP contribution in [-0.4, -0.2) is 24.2 Å². The van der Waals surface area contributed by atoms with Gasteiger partial charge in [-0.05, 0) is 59.8 Å². The minimum absolute atomic E-state index is 0.0677. The molecule has 0 atom stereocenters. The third kappa shape index (κ3) is 3.92. The van der Waals surface area contributed by atoms with E-state index in [2.05, 4.69) is 5.32 Å². The number of thioether (sulfide) groups is 1. The van der Waals surface area contributed by atoms with E-state index in [4.69, 9.17) is 14.9 Å². The van der Waals surface area contributed by atoms with Gasteiger partial charge in [0, 0.05) is 0 Å². The topological polar surface area (TPSA) is 88.5 Å². The summed E-state index contributed by atoms with van der Waals surface area (Å²) in [5.74, 6) is -0.939. The van der Waals surface area contributed by atoms with Gasteiger partial charge in [-0.3, -0.25) is 10.2 Å². The van der Waals surface area contributed by atoms with E-state index in [1.165, 1.54) is 37.4 Å². The second-order valence-corrected chi connectivity index (χ2v) is 6.25. The van der Waals surface area contributed by atoms with Crippen molar-refractivity contribution in [2.75, 3.05) is 7.11 Å². The molecule has 132 valence electrons. The lowest BCUT2D eigenvalue weighted by molar-refractivity contribution is -0.115. The maximum absolute atomic E-state index is 12.9. The van der Waals surface area contributed by atoms with Gasteiger partial charge < -0.3 is 14.8 Å². The average Bonchev–Trinajstić information content (AvgIpc) is 2.93. The van der Waals surface area contributed by atoms with E-state index >= 15 is 0 Å². The third-order valence-corrected chi connectivity index (χ3v) is 4.26. The molecule has 0 saturated carbocycles. The molecule has 0 aromatic heterocycles. The molecule has 1 aliphatic heterocycles. The number of esters is 1. The molecule has 0 unspecified atom stereocenters. The van der Waals surface area contributed by atoms with E-state index in [1.807, 2.05) is 0 Å². The second kappa shape index (κ2) is 7.40. The Morgan fingerprint density at radius 3 is 2.54 bits per heavy atom. The molecule has 6 nitrogen and oxygen atoms in total. The monoisotopic (exact) mass is 372 g/mol. The maximum Gasteiger partial charge on any atom is 0.343 e. The number of benzene rings is 2. The molecule has 2 N–H and O–H groups in total. The summed E-state index contributed by atoms with van der Waals surface area (Å²) in [4.78, 5) is 24.2. The Morgan fingerprint density at radius 2 is 1.92 bits per heavy atom. The molecule has 1 aliphatic rings. The average molecular weight is 372 g/mol. The SMILES string of the molecule is COc1cc(C=C2SC(=N)NC2=O)ccc1OC(=O)c1ccc(F)cc1. The fraction of sp³-hybridized carbons (Fsp3) is 0.0556. The first-order valence-corrected chi connectivity index (χ1v) is 8.23. The molecule has 2 aromatic rings. The van der Waals surface area contributed by atoms with Gasteiger partial charge in [0.05, 0.1) is 17.6 Å². The van der Waals surface area contributed by atoms with Crippen LogP contribution >= 0.6 is 11.8 Å². The highest BCUT2D eigenvalue weighted by molar-refractivity contribution is 8.18. The van der Waals surface area contributed by atoms with Crippen LogP contribution in [0.1, 0.15) is 15.9 Å². The third-order valence-electron chi connectivity index (χ3n) is 3.43. The van der Waals surface area contributed by atoms with E-state index < -0.39 is 11.8 Å². The molecule has 1 heterocycles. The Balaban J connectivity index is 1.82. The van der Waals surface area contributed by atoms with Crippen molar-refractivity contribution in [3.05, 3.63) is 64.3 Å². The summed E-state index contributed by atoms with van der Waals surface area (Å²) in [6, 6.07) is 9.79. The van der Waals surface area contributed by atoms with Crippen LogP contribution in [0.15, 0.2) is 47.4 Å². The number of hydrogen-bond acceptors (Lipinski definition) is 6. The molecule has 1 amide bonds. The summed E-state index contributed by atoms with van der Waals surface area (Å²) in [6.07, 6.45) is 1.61. The van der Waals surface area contributed by atoms with Gasteiger partial charge in [-0.1, -0.05) is 6.07 Å². The van der Waals surface area contributed by atoms with Gasteiger partial charge in [-0.2, -0.15) is 0 Å². The molecular formula is C18H13FN2O4S. The zero-order valence-corrected chi connectivity index (χ0v) is 14.4. The standard InChI is InChI=1S/C18H13FN2O4S/c1-24-14-8-10(9-15-16(22)21-18(20)26-15)2-7-13(14)25-17(23)11-3-5-12(19)6-4-11/h2-9H,1H3,(H2,20,21,22). The van der Waals surface area contributed by atoms with Crippen LogP contribution in [-0.2, 0) is 4.79 Å². The van der Waals surface area contributed by atoms with Gasteiger partial charge >= 0.3 is 5.97 Å². The quantitative estimate of drug-likeness (QED) is 0.489. The maximum atomic E-state index is 12.9. The molecule has 8 heteroatoms. The number of hydrogen-bond donors (Lipinski definition) is 2. The highest BCUT2D eigenvalue weighted by atomic mass is 32.2. The number of methoxy groups -OCH3 is 1. The molecule has 1 fully saturated rings. The van der Waals surface area contributed by atoms with Crippen molar-refractivity contribution in [3.8, 4) is 11.5 Å². The van der Waals surface area contributed by atoms with Gasteiger partial charge in [-0.25, -0.2) is 9.18 Å². The van der Waals surface area contributed by atoms with Gasteiger partial charge in [0.2, 0.25) is 0 Å². The zero-order chi connectivity index (χ0) is 18.7. The number of rotatable bonds is 4. The zero-order valence-electron chi connectivity index (χ0n) is 13.5. The lowest BCUT2D eigenvalue weighted by Crippen LogP contribution is -2.18. The summed E-state index contributed by atoms with van der Waals surface area (Å²) in [7, 11) is 1.42. The molecule has 0 bridgehead atoms. The molecule has 1 saturated heterocycles. The Kier molecular flexibility index (Phi) is 5.04. The van der Waals surface area contributed by atoms with Crippen molar-refractivity contribution in [1.29, 1.82) is 5.41 Å². The van der Waals surface area contributed by atoms with E-state index in [9.17, 15) is 14.0 Å². The van der Waals surface area contributed by atoms with Crippen molar-refractivity contribution in [2.45, 2.75) is 0 Å². The van der Waals surface area contributed by atoms with E-state index in [-0.39, 0.29) is 22.4 Å². The molecule has 2 aromatic carbocycles. The fourth-order valence-corrected chi connectivity index (χ4v) is 2.90. The van der Waals surface area contributed by atoms with Gasteiger partial charge in [0.15, 0.2) is 16.7 Å². The summed E-state index contributed by atoms with van der Waals surface area (Å²) in [5.41, 5.74) is 0.855. The number of ether oxygens (including phenoxy) is 2. The van der Waals surface area contributed by atoms with Crippen LogP contribution in [0, 0.1) is 11.2 Å². The van der Waals surface area contributed by atoms with E-state index in [0.717, 1.165) is 11.8 Å². The predicted molar refractivity (Wildman–Crippen MR) is 95.8 cm³/mol. The van der Waals surface area contributed by atoms with Crippen molar-refractivity contribution in [3.63, 3.8) is 0 Å². The van der Waals surface area contributed by atoms with Crippen LogP contribution in [0.2, 0.25) is 0 Å². The molecule has 0 radical (unpaired) electrons. The van der Waals surface area contributed by atoms with Crippen LogP contribution in [0.5, 0.6) is 11.5 Å². The van der Waals surface area contributed by atoms with Crippen molar-refractivity contribution < 1.29 is 23.5 Å². The van der Waals surface area contributed by atoms with Gasteiger partial charge in [0.1, 0.15) is 5.82 Å². The summed E-state index contributed by atoms with van der Waals surface area (Å²) >= 11 is 1.02. The summed E-state index contributed by atoms with van der Waals surface area (Å²) in [5, 5.41) is 9.90. The lowest BCUT2D eigenvalue weighted by Gasteiger charge is -2.10. The van der Waals surface area contributed by atoms with Crippen molar-refractivity contribution in [2.24, 2.45) is 0 Å². The Hall–Kier alpha value is -3.13. The molecule has 26 heavy (non-hydrogen) atoms. The van der Waals surface area contributed by atoms with Crippen LogP contribution in [0.25, 0.3) is 6.08 Å². The number of halogens is 1. The number of carbonyl (C=O) groups is 2. The minimum atomic E-state index is -0.645. The Morgan fingerprint density at radius 1 is 1.19 bits per heavy atom. The molecule has 0 aliphatic carbocycles. The van der Waals surface area contributed by atoms with Crippen molar-refractivity contribution >= 4 is 34.9 Å². The number of nitrogens with one attached hydrogen (secondary N) is 2. The first kappa shape index (κ1) is 17.7. The predicted octanol–water partition coefficient (Wildman–Crippen LogP) is 3.19. The van der Waals surface area contributed by atoms with Crippen LogP contribution in [0.3, 0.4) is 0 Å². The highest BCUT2D eigenvalue weighted by Gasteiger charge is 2.22. The van der Waals surface area contributed by atoms with Gasteiger partial charge in [-0.15, -0.1) is 0 Å². The fourth-order valence-electron chi connectivity index (χ4n) is 2.20. The summed E-state index contributed by atoms with van der Waals surface area (Å²) < 4.78 is 23.5. The van der Waals surface area contributed by atoms with Gasteiger partial charge in [0.25, 0.3) is 5.91 Å². The van der Waals surface area contributed by atoms with Crippen LogP contribution < -0.4 is 14.8 Å². The molecular weight excluding hydrogens is 359 g/mol. The molecule has 0 spiro atoms. The smallest absolute Gasteiger partial charge is 0.343 e. The minimum Gasteiger partial charge on any atom is -0.493 e. The van der Waals surface area contributed by atoms with Crippen LogP contribution in [0.4, 0.5) is 4.39 Å². The lowest BCUT2D eigenvalue weighted by atomic mass is 10.1. The van der Waals surface area contributed by atoms with E-state index in [1.54, 1.807) is 18.2 Å². The number of carbonyl (C=O) groups excluding carboxylic acids is 2.